The van der Waals surface area contributed by atoms with Crippen LogP contribution in [0, 0.1) is 11.3 Å². The Morgan fingerprint density at radius 1 is 1.23 bits per heavy atom. The van der Waals surface area contributed by atoms with E-state index in [1.54, 1.807) is 29.2 Å². The monoisotopic (exact) mass is 348 g/mol. The van der Waals surface area contributed by atoms with E-state index in [1.807, 2.05) is 44.2 Å². The maximum atomic E-state index is 12.7. The molecule has 3 rings (SSSR count). The smallest absolute Gasteiger partial charge is 0.247 e. The lowest BCUT2D eigenvalue weighted by Gasteiger charge is -2.27. The molecule has 26 heavy (non-hydrogen) atoms. The van der Waals surface area contributed by atoms with Crippen LogP contribution in [0.5, 0.6) is 11.5 Å². The number of rotatable bonds is 5. The lowest BCUT2D eigenvalue weighted by molar-refractivity contribution is -0.127. The summed E-state index contributed by atoms with van der Waals surface area (Å²) in [6.45, 7) is 4.75. The number of carbonyl (C=O) groups is 1. The molecule has 1 aliphatic rings. The number of nitrogens with zero attached hydrogens (tertiary/aromatic N) is 2. The predicted octanol–water partition coefficient (Wildman–Crippen LogP) is 3.91. The first-order valence-corrected chi connectivity index (χ1v) is 8.50. The van der Waals surface area contributed by atoms with Gasteiger partial charge in [0.15, 0.2) is 11.5 Å². The predicted molar refractivity (Wildman–Crippen MR) is 98.6 cm³/mol. The average molecular weight is 348 g/mol. The van der Waals surface area contributed by atoms with Crippen LogP contribution in [0.3, 0.4) is 0 Å². The van der Waals surface area contributed by atoms with E-state index < -0.39 is 0 Å². The molecule has 0 saturated heterocycles. The average Bonchev–Trinajstić information content (AvgIpc) is 3.14. The number of fused-ring (bicyclic) bond motifs is 1. The first-order chi connectivity index (χ1) is 12.6. The summed E-state index contributed by atoms with van der Waals surface area (Å²) in [6.07, 6.45) is 3.35. The van der Waals surface area contributed by atoms with Crippen LogP contribution in [0.2, 0.25) is 0 Å². The van der Waals surface area contributed by atoms with E-state index in [2.05, 4.69) is 6.07 Å². The fraction of sp³-hybridized carbons (Fsp3) is 0.238. The van der Waals surface area contributed by atoms with Crippen molar-refractivity contribution in [1.29, 1.82) is 5.26 Å². The molecule has 1 heterocycles. The molecule has 5 nitrogen and oxygen atoms in total. The van der Waals surface area contributed by atoms with Gasteiger partial charge in [0, 0.05) is 12.6 Å². The summed E-state index contributed by atoms with van der Waals surface area (Å²) in [5, 5.41) is 8.91. The maximum Gasteiger partial charge on any atom is 0.247 e. The number of benzene rings is 2. The zero-order valence-corrected chi connectivity index (χ0v) is 14.8. The van der Waals surface area contributed by atoms with Crippen molar-refractivity contribution in [2.75, 3.05) is 13.3 Å². The summed E-state index contributed by atoms with van der Waals surface area (Å²) in [4.78, 5) is 14.4. The van der Waals surface area contributed by atoms with Crippen molar-refractivity contribution in [3.05, 3.63) is 65.2 Å². The van der Waals surface area contributed by atoms with Crippen molar-refractivity contribution in [2.45, 2.75) is 19.9 Å². The second kappa shape index (κ2) is 7.75. The Morgan fingerprint density at radius 3 is 2.65 bits per heavy atom. The van der Waals surface area contributed by atoms with Gasteiger partial charge in [0.05, 0.1) is 17.7 Å². The molecule has 0 aromatic heterocycles. The van der Waals surface area contributed by atoms with Crippen LogP contribution in [-0.2, 0) is 4.79 Å². The highest BCUT2D eigenvalue weighted by atomic mass is 16.7. The van der Waals surface area contributed by atoms with Gasteiger partial charge in [0.2, 0.25) is 12.7 Å². The Kier molecular flexibility index (Phi) is 5.23. The Balaban J connectivity index is 1.72. The maximum absolute atomic E-state index is 12.7. The van der Waals surface area contributed by atoms with Crippen LogP contribution in [-0.4, -0.2) is 24.1 Å². The highest BCUT2D eigenvalue weighted by molar-refractivity contribution is 5.92. The van der Waals surface area contributed by atoms with Gasteiger partial charge >= 0.3 is 0 Å². The molecule has 1 atom stereocenters. The molecule has 0 N–H and O–H groups in total. The van der Waals surface area contributed by atoms with Crippen molar-refractivity contribution in [3.63, 3.8) is 0 Å². The van der Waals surface area contributed by atoms with Crippen LogP contribution in [0.4, 0.5) is 0 Å². The zero-order valence-electron chi connectivity index (χ0n) is 14.8. The van der Waals surface area contributed by atoms with Crippen molar-refractivity contribution in [1.82, 2.24) is 4.90 Å². The number of nitriles is 1. The summed E-state index contributed by atoms with van der Waals surface area (Å²) < 4.78 is 10.6. The molecule has 0 radical (unpaired) electrons. The summed E-state index contributed by atoms with van der Waals surface area (Å²) in [5.41, 5.74) is 2.48. The second-order valence-corrected chi connectivity index (χ2v) is 5.98. The van der Waals surface area contributed by atoms with E-state index in [0.717, 1.165) is 16.9 Å². The Hall–Kier alpha value is -3.26. The summed E-state index contributed by atoms with van der Waals surface area (Å²) in [6, 6.07) is 14.9. The van der Waals surface area contributed by atoms with E-state index in [0.29, 0.717) is 17.9 Å². The van der Waals surface area contributed by atoms with Crippen LogP contribution < -0.4 is 9.47 Å². The molecule has 132 valence electrons. The lowest BCUT2D eigenvalue weighted by atomic mass is 10.0. The number of hydrogen-bond donors (Lipinski definition) is 0. The third kappa shape index (κ3) is 3.70. The molecule has 1 amide bonds. The fourth-order valence-electron chi connectivity index (χ4n) is 2.92. The first-order valence-electron chi connectivity index (χ1n) is 8.50. The molecule has 0 spiro atoms. The normalized spacial score (nSPS) is 13.4. The highest BCUT2D eigenvalue weighted by Crippen LogP contribution is 2.32. The third-order valence-electron chi connectivity index (χ3n) is 4.43. The van der Waals surface area contributed by atoms with E-state index >= 15 is 0 Å². The number of carbonyl (C=O) groups excluding carboxylic acids is 1. The molecule has 0 saturated carbocycles. The molecule has 2 aromatic carbocycles. The van der Waals surface area contributed by atoms with E-state index in [-0.39, 0.29) is 18.7 Å². The van der Waals surface area contributed by atoms with Crippen molar-refractivity contribution in [3.8, 4) is 17.6 Å². The molecule has 0 bridgehead atoms. The Labute approximate surface area is 153 Å². The van der Waals surface area contributed by atoms with Gasteiger partial charge in [-0.15, -0.1) is 0 Å². The number of ether oxygens (including phenoxy) is 2. The van der Waals surface area contributed by atoms with Crippen molar-refractivity contribution in [2.24, 2.45) is 0 Å². The fourth-order valence-corrected chi connectivity index (χ4v) is 2.92. The van der Waals surface area contributed by atoms with Gasteiger partial charge in [-0.1, -0.05) is 18.2 Å². The minimum Gasteiger partial charge on any atom is -0.454 e. The first kappa shape index (κ1) is 17.6. The number of hydrogen-bond acceptors (Lipinski definition) is 4. The number of amides is 1. The van der Waals surface area contributed by atoms with Crippen molar-refractivity contribution < 1.29 is 14.3 Å². The standard InChI is InChI=1S/C21H20N2O3/c1-3-23(15(2)18-8-4-17(13-22)5-9-18)21(24)11-7-16-6-10-19-20(12-16)26-14-25-19/h4-12,15H,3,14H2,1-2H3/b11-7+. The minimum atomic E-state index is -0.0818. The van der Waals surface area contributed by atoms with E-state index in [1.165, 1.54) is 0 Å². The summed E-state index contributed by atoms with van der Waals surface area (Å²) in [5.74, 6) is 1.35. The Morgan fingerprint density at radius 2 is 1.96 bits per heavy atom. The second-order valence-electron chi connectivity index (χ2n) is 5.98. The largest absolute Gasteiger partial charge is 0.454 e. The topological polar surface area (TPSA) is 62.6 Å². The van der Waals surface area contributed by atoms with Crippen molar-refractivity contribution >= 4 is 12.0 Å². The van der Waals surface area contributed by atoms with Gasteiger partial charge in [-0.25, -0.2) is 0 Å². The van der Waals surface area contributed by atoms with Gasteiger partial charge in [-0.3, -0.25) is 4.79 Å². The van der Waals surface area contributed by atoms with E-state index in [9.17, 15) is 4.79 Å². The van der Waals surface area contributed by atoms with Crippen LogP contribution in [0.25, 0.3) is 6.08 Å². The molecule has 2 aromatic rings. The van der Waals surface area contributed by atoms with Gasteiger partial charge < -0.3 is 14.4 Å². The molecular weight excluding hydrogens is 328 g/mol. The lowest BCUT2D eigenvalue weighted by Crippen LogP contribution is -2.32. The molecule has 0 fully saturated rings. The molecule has 0 aliphatic carbocycles. The quantitative estimate of drug-likeness (QED) is 0.769. The summed E-state index contributed by atoms with van der Waals surface area (Å²) >= 11 is 0. The third-order valence-corrected chi connectivity index (χ3v) is 4.43. The van der Waals surface area contributed by atoms with Crippen LogP contribution in [0.1, 0.15) is 36.6 Å². The summed E-state index contributed by atoms with van der Waals surface area (Å²) in [7, 11) is 0. The molecule has 1 aliphatic heterocycles. The van der Waals surface area contributed by atoms with Gasteiger partial charge in [0.25, 0.3) is 0 Å². The molecular formula is C21H20N2O3. The highest BCUT2D eigenvalue weighted by Gasteiger charge is 2.18. The number of likely N-dealkylation sites (N-methyl/N-ethyl adjacent to an activating group) is 1. The zero-order chi connectivity index (χ0) is 18.5. The van der Waals surface area contributed by atoms with Gasteiger partial charge in [0.1, 0.15) is 0 Å². The van der Waals surface area contributed by atoms with Crippen LogP contribution in [0.15, 0.2) is 48.5 Å². The van der Waals surface area contributed by atoms with Gasteiger partial charge in [-0.2, -0.15) is 5.26 Å². The SMILES string of the molecule is CCN(C(=O)/C=C/c1ccc2c(c1)OCO2)C(C)c1ccc(C#N)cc1. The van der Waals surface area contributed by atoms with Gasteiger partial charge in [-0.05, 0) is 55.3 Å². The Bertz CT molecular complexity index is 866. The van der Waals surface area contributed by atoms with E-state index in [4.69, 9.17) is 14.7 Å². The molecule has 5 heteroatoms. The minimum absolute atomic E-state index is 0.0676. The van der Waals surface area contributed by atoms with Crippen LogP contribution >= 0.6 is 0 Å². The molecule has 1 unspecified atom stereocenters.